The van der Waals surface area contributed by atoms with Crippen molar-refractivity contribution in [1.29, 1.82) is 0 Å². The van der Waals surface area contributed by atoms with E-state index in [4.69, 9.17) is 15.0 Å². The average Bonchev–Trinajstić information content (AvgIpc) is 3.00. The molecule has 1 fully saturated rings. The van der Waals surface area contributed by atoms with E-state index in [1.54, 1.807) is 0 Å². The third-order valence-electron chi connectivity index (χ3n) is 3.35. The van der Waals surface area contributed by atoms with Crippen molar-refractivity contribution in [3.05, 3.63) is 16.7 Å². The lowest BCUT2D eigenvalue weighted by atomic mass is 10.1. The van der Waals surface area contributed by atoms with E-state index in [2.05, 4.69) is 26.8 Å². The van der Waals surface area contributed by atoms with Crippen molar-refractivity contribution in [3.63, 3.8) is 0 Å². The van der Waals surface area contributed by atoms with E-state index < -0.39 is 30.1 Å². The van der Waals surface area contributed by atoms with Crippen molar-refractivity contribution in [2.24, 2.45) is 0 Å². The summed E-state index contributed by atoms with van der Waals surface area (Å²) in [7, 11) is 0.272. The van der Waals surface area contributed by atoms with Crippen LogP contribution in [0.5, 0.6) is 0 Å². The van der Waals surface area contributed by atoms with Gasteiger partial charge in [0.2, 0.25) is 5.95 Å². The Morgan fingerprint density at radius 1 is 1.55 bits per heavy atom. The highest BCUT2D eigenvalue weighted by Crippen LogP contribution is 2.31. The van der Waals surface area contributed by atoms with E-state index in [-0.39, 0.29) is 31.3 Å². The molecule has 0 aromatic carbocycles. The summed E-state index contributed by atoms with van der Waals surface area (Å²) in [5.74, 6) is -0.0860. The molecule has 1 aliphatic heterocycles. The molecule has 0 bridgehead atoms. The molecule has 4 atom stereocenters. The number of fused-ring (bicyclic) bond motifs is 1. The number of H-pyrrole nitrogens is 1. The van der Waals surface area contributed by atoms with Crippen LogP contribution in [0.4, 0.5) is 5.95 Å². The molecule has 3 heterocycles. The Hall–Kier alpha value is -1.49. The van der Waals surface area contributed by atoms with Gasteiger partial charge in [-0.05, 0) is 11.8 Å². The van der Waals surface area contributed by atoms with Crippen LogP contribution in [0.1, 0.15) is 6.23 Å². The Bertz CT molecular complexity index is 766. The zero-order valence-corrected chi connectivity index (χ0v) is 12.7. The molecule has 118 valence electrons. The first-order chi connectivity index (χ1) is 10.5. The predicted octanol–water partition coefficient (Wildman–Crippen LogP) is -1.34. The summed E-state index contributed by atoms with van der Waals surface area (Å²) >= 11 is 4.63. The summed E-state index contributed by atoms with van der Waals surface area (Å²) in [6.45, 7) is 0.0303. The number of anilines is 1. The van der Waals surface area contributed by atoms with Gasteiger partial charge in [-0.25, -0.2) is 4.98 Å². The zero-order valence-electron chi connectivity index (χ0n) is 11.0. The monoisotopic (exact) mass is 345 g/mol. The number of nitrogens with zero attached hydrogens (tertiary/aromatic N) is 3. The second kappa shape index (κ2) is 5.95. The minimum absolute atomic E-state index is 0.0303. The molecule has 0 radical (unpaired) electrons. The Labute approximate surface area is 129 Å². The molecule has 0 unspecified atom stereocenters. The van der Waals surface area contributed by atoms with Crippen LogP contribution in [0.25, 0.3) is 11.2 Å². The van der Waals surface area contributed by atoms with Gasteiger partial charge in [-0.15, -0.1) is 0 Å². The highest BCUT2D eigenvalue weighted by Gasteiger charge is 2.44. The minimum atomic E-state index is -1.24. The van der Waals surface area contributed by atoms with Gasteiger partial charge in [0.15, 0.2) is 17.4 Å². The number of aromatic amines is 1. The molecule has 0 amide bonds. The first-order valence-corrected chi connectivity index (χ1v) is 8.04. The van der Waals surface area contributed by atoms with E-state index in [0.29, 0.717) is 0 Å². The molecular formula is C10H12N5O5PS. The van der Waals surface area contributed by atoms with Gasteiger partial charge < -0.3 is 25.2 Å². The first-order valence-electron chi connectivity index (χ1n) is 6.21. The van der Waals surface area contributed by atoms with Crippen LogP contribution in [-0.2, 0) is 21.1 Å². The largest absolute Gasteiger partial charge is 0.387 e. The maximum absolute atomic E-state index is 11.7. The van der Waals surface area contributed by atoms with Gasteiger partial charge in [0.1, 0.15) is 25.9 Å². The van der Waals surface area contributed by atoms with Gasteiger partial charge in [0.05, 0.1) is 12.9 Å². The summed E-state index contributed by atoms with van der Waals surface area (Å²) in [5, 5.41) is 20.1. The van der Waals surface area contributed by atoms with E-state index in [0.717, 1.165) is 0 Å². The third kappa shape index (κ3) is 2.51. The molecule has 0 aliphatic carbocycles. The number of nitrogen functional groups attached to an aromatic ring is 1. The summed E-state index contributed by atoms with van der Waals surface area (Å²) < 4.78 is 11.9. The maximum atomic E-state index is 11.7. The number of imidazole rings is 1. The van der Waals surface area contributed by atoms with Gasteiger partial charge in [-0.1, -0.05) is 0 Å². The van der Waals surface area contributed by atoms with Crippen molar-refractivity contribution in [1.82, 2.24) is 19.5 Å². The smallest absolute Gasteiger partial charge is 0.280 e. The lowest BCUT2D eigenvalue weighted by molar-refractivity contribution is -0.0456. The molecule has 0 spiro atoms. The SMILES string of the molecule is Nc1nc2c(ncn2[C@@H]2O[C@H](COP=S)[C@@H](O)[C@H]2O)c(=O)[nH]1. The van der Waals surface area contributed by atoms with Crippen LogP contribution in [0.3, 0.4) is 0 Å². The molecule has 22 heavy (non-hydrogen) atoms. The van der Waals surface area contributed by atoms with Crippen molar-refractivity contribution >= 4 is 36.5 Å². The minimum Gasteiger partial charge on any atom is -0.387 e. The van der Waals surface area contributed by atoms with Crippen molar-refractivity contribution < 1.29 is 19.5 Å². The zero-order chi connectivity index (χ0) is 15.9. The van der Waals surface area contributed by atoms with Gasteiger partial charge >= 0.3 is 0 Å². The van der Waals surface area contributed by atoms with Crippen LogP contribution in [0.2, 0.25) is 0 Å². The van der Waals surface area contributed by atoms with Crippen molar-refractivity contribution in [2.75, 3.05) is 12.3 Å². The number of rotatable bonds is 4. The standard InChI is InChI=1S/C10H12N5O5PS/c11-10-13-7-4(8(18)14-10)12-2-15(7)9-6(17)5(16)3(20-9)1-19-21-22/h2-3,5-6,9,16-17H,1H2,(H3,11,13,14,18)/t3-,5-,6-,9-/m1/s1. The fourth-order valence-corrected chi connectivity index (χ4v) is 2.72. The van der Waals surface area contributed by atoms with E-state index in [1.165, 1.54) is 10.9 Å². The molecule has 2 aromatic heterocycles. The number of aliphatic hydroxyl groups is 2. The number of nitrogens with one attached hydrogen (secondary N) is 1. The second-order valence-electron chi connectivity index (χ2n) is 4.69. The van der Waals surface area contributed by atoms with Gasteiger partial charge in [0, 0.05) is 0 Å². The molecule has 10 nitrogen and oxygen atoms in total. The van der Waals surface area contributed by atoms with Crippen LogP contribution >= 0.6 is 7.58 Å². The topological polar surface area (TPSA) is 149 Å². The van der Waals surface area contributed by atoms with E-state index in [9.17, 15) is 15.0 Å². The molecule has 3 rings (SSSR count). The highest BCUT2D eigenvalue weighted by atomic mass is 32.4. The summed E-state index contributed by atoms with van der Waals surface area (Å²) in [6.07, 6.45) is -2.84. The van der Waals surface area contributed by atoms with Crippen LogP contribution < -0.4 is 11.3 Å². The highest BCUT2D eigenvalue weighted by molar-refractivity contribution is 7.94. The fraction of sp³-hybridized carbons (Fsp3) is 0.500. The number of hydrogen-bond acceptors (Lipinski definition) is 9. The quantitative estimate of drug-likeness (QED) is 0.494. The lowest BCUT2D eigenvalue weighted by Gasteiger charge is -2.16. The first kappa shape index (κ1) is 15.4. The molecule has 1 aliphatic rings. The molecule has 2 aromatic rings. The van der Waals surface area contributed by atoms with E-state index >= 15 is 0 Å². The summed E-state index contributed by atoms with van der Waals surface area (Å²) in [5.41, 5.74) is 5.22. The number of aliphatic hydroxyl groups excluding tert-OH is 2. The molecule has 12 heteroatoms. The lowest BCUT2D eigenvalue weighted by Crippen LogP contribution is -2.33. The number of hydrogen-bond donors (Lipinski definition) is 4. The molecular weight excluding hydrogens is 333 g/mol. The molecule has 0 saturated carbocycles. The van der Waals surface area contributed by atoms with E-state index in [1.807, 2.05) is 0 Å². The maximum Gasteiger partial charge on any atom is 0.280 e. The Morgan fingerprint density at radius 3 is 3.05 bits per heavy atom. The number of ether oxygens (including phenoxy) is 1. The van der Waals surface area contributed by atoms with Gasteiger partial charge in [-0.3, -0.25) is 14.3 Å². The summed E-state index contributed by atoms with van der Waals surface area (Å²) in [6, 6.07) is 0. The van der Waals surface area contributed by atoms with Crippen molar-refractivity contribution in [3.8, 4) is 0 Å². The van der Waals surface area contributed by atoms with Gasteiger partial charge in [-0.2, -0.15) is 4.98 Å². The van der Waals surface area contributed by atoms with Crippen LogP contribution in [0.15, 0.2) is 11.1 Å². The Kier molecular flexibility index (Phi) is 4.17. The van der Waals surface area contributed by atoms with Gasteiger partial charge in [0.25, 0.3) is 5.56 Å². The summed E-state index contributed by atoms with van der Waals surface area (Å²) in [4.78, 5) is 22.0. The normalized spacial score (nSPS) is 28.6. The second-order valence-corrected chi connectivity index (χ2v) is 5.55. The third-order valence-corrected chi connectivity index (χ3v) is 3.92. The number of aromatic nitrogens is 4. The number of nitrogens with two attached hydrogens (primary N) is 1. The van der Waals surface area contributed by atoms with Crippen LogP contribution in [-0.4, -0.2) is 54.7 Å². The molecule has 5 N–H and O–H groups in total. The predicted molar refractivity (Wildman–Crippen MR) is 78.7 cm³/mol. The Balaban J connectivity index is 1.97. The molecule has 1 saturated heterocycles. The fourth-order valence-electron chi connectivity index (χ4n) is 2.33. The Morgan fingerprint density at radius 2 is 2.32 bits per heavy atom. The average molecular weight is 345 g/mol. The van der Waals surface area contributed by atoms with Crippen molar-refractivity contribution in [2.45, 2.75) is 24.5 Å². The van der Waals surface area contributed by atoms with Crippen LogP contribution in [0, 0.1) is 0 Å².